The summed E-state index contributed by atoms with van der Waals surface area (Å²) in [7, 11) is 0. The van der Waals surface area contributed by atoms with E-state index in [1.807, 2.05) is 0 Å². The fraction of sp³-hybridized carbons (Fsp3) is 0.200. The Labute approximate surface area is 75.3 Å². The van der Waals surface area contributed by atoms with Crippen molar-refractivity contribution < 1.29 is 14.3 Å². The van der Waals surface area contributed by atoms with Crippen molar-refractivity contribution in [2.24, 2.45) is 0 Å². The number of carbonyl (C=O) groups excluding carboxylic acids is 2. The lowest BCUT2D eigenvalue weighted by Crippen LogP contribution is -2.15. The van der Waals surface area contributed by atoms with E-state index in [2.05, 4.69) is 0 Å². The Morgan fingerprint density at radius 2 is 2.23 bits per heavy atom. The Bertz CT molecular complexity index is 368. The standard InChI is InChI=1S/C10H8O3/c11-6-7-1-2-8-9(12)3-4-13-10(8)5-7/h1-2,5-6H,3-4H2. The second kappa shape index (κ2) is 3.01. The maximum atomic E-state index is 11.3. The fourth-order valence-corrected chi connectivity index (χ4v) is 1.35. The molecule has 0 bridgehead atoms. The summed E-state index contributed by atoms with van der Waals surface area (Å²) in [6.07, 6.45) is 1.16. The highest BCUT2D eigenvalue weighted by atomic mass is 16.5. The van der Waals surface area contributed by atoms with E-state index in [0.717, 1.165) is 6.29 Å². The lowest BCUT2D eigenvalue weighted by Gasteiger charge is -2.15. The van der Waals surface area contributed by atoms with E-state index >= 15 is 0 Å². The van der Waals surface area contributed by atoms with Crippen LogP contribution in [0, 0.1) is 0 Å². The molecule has 2 rings (SSSR count). The minimum Gasteiger partial charge on any atom is -0.492 e. The number of benzene rings is 1. The van der Waals surface area contributed by atoms with Crippen molar-refractivity contribution in [2.75, 3.05) is 6.61 Å². The molecule has 1 aliphatic heterocycles. The molecule has 0 radical (unpaired) electrons. The van der Waals surface area contributed by atoms with Crippen LogP contribution >= 0.6 is 0 Å². The highest BCUT2D eigenvalue weighted by molar-refractivity contribution is 6.00. The van der Waals surface area contributed by atoms with E-state index < -0.39 is 0 Å². The molecule has 0 saturated carbocycles. The Hall–Kier alpha value is -1.64. The van der Waals surface area contributed by atoms with Crippen molar-refractivity contribution in [1.82, 2.24) is 0 Å². The molecule has 0 unspecified atom stereocenters. The predicted molar refractivity (Wildman–Crippen MR) is 46.3 cm³/mol. The highest BCUT2D eigenvalue weighted by Gasteiger charge is 2.17. The summed E-state index contributed by atoms with van der Waals surface area (Å²) in [5.41, 5.74) is 1.12. The molecule has 0 amide bonds. The second-order valence-electron chi connectivity index (χ2n) is 2.90. The molecule has 0 N–H and O–H groups in total. The molecule has 0 aromatic heterocycles. The number of aldehydes is 1. The summed E-state index contributed by atoms with van der Waals surface area (Å²) in [4.78, 5) is 21.8. The molecular weight excluding hydrogens is 168 g/mol. The molecule has 1 aromatic carbocycles. The molecule has 0 saturated heterocycles. The molecular formula is C10H8O3. The summed E-state index contributed by atoms with van der Waals surface area (Å²) in [6, 6.07) is 4.86. The summed E-state index contributed by atoms with van der Waals surface area (Å²) in [5, 5.41) is 0. The van der Waals surface area contributed by atoms with Crippen molar-refractivity contribution in [2.45, 2.75) is 6.42 Å². The molecule has 0 fully saturated rings. The summed E-state index contributed by atoms with van der Waals surface area (Å²) >= 11 is 0. The zero-order valence-electron chi connectivity index (χ0n) is 6.95. The topological polar surface area (TPSA) is 43.4 Å². The average molecular weight is 176 g/mol. The first-order valence-electron chi connectivity index (χ1n) is 4.06. The Kier molecular flexibility index (Phi) is 1.85. The van der Waals surface area contributed by atoms with Crippen molar-refractivity contribution in [3.63, 3.8) is 0 Å². The number of ether oxygens (including phenoxy) is 1. The van der Waals surface area contributed by atoms with Crippen molar-refractivity contribution >= 4 is 12.1 Å². The first-order chi connectivity index (χ1) is 6.31. The van der Waals surface area contributed by atoms with Gasteiger partial charge in [-0.15, -0.1) is 0 Å². The van der Waals surface area contributed by atoms with Crippen LogP contribution in [0.4, 0.5) is 0 Å². The number of carbonyl (C=O) groups is 2. The van der Waals surface area contributed by atoms with Gasteiger partial charge in [-0.25, -0.2) is 0 Å². The van der Waals surface area contributed by atoms with Crippen LogP contribution in [0.1, 0.15) is 27.1 Å². The molecule has 3 nitrogen and oxygen atoms in total. The van der Waals surface area contributed by atoms with Gasteiger partial charge in [-0.1, -0.05) is 6.07 Å². The van der Waals surface area contributed by atoms with Crippen molar-refractivity contribution in [3.05, 3.63) is 29.3 Å². The van der Waals surface area contributed by atoms with E-state index in [9.17, 15) is 9.59 Å². The van der Waals surface area contributed by atoms with Crippen molar-refractivity contribution in [1.29, 1.82) is 0 Å². The minimum absolute atomic E-state index is 0.0821. The van der Waals surface area contributed by atoms with Gasteiger partial charge in [-0.3, -0.25) is 9.59 Å². The van der Waals surface area contributed by atoms with Crippen LogP contribution in [0.2, 0.25) is 0 Å². The first kappa shape index (κ1) is 7.98. The van der Waals surface area contributed by atoms with Crippen LogP contribution in [-0.4, -0.2) is 18.7 Å². The van der Waals surface area contributed by atoms with Gasteiger partial charge in [0.1, 0.15) is 12.0 Å². The normalized spacial score (nSPS) is 14.6. The van der Waals surface area contributed by atoms with E-state index in [0.29, 0.717) is 29.9 Å². The number of ketones is 1. The van der Waals surface area contributed by atoms with Gasteiger partial charge in [0, 0.05) is 12.0 Å². The molecule has 0 spiro atoms. The van der Waals surface area contributed by atoms with Gasteiger partial charge in [0.25, 0.3) is 0 Å². The van der Waals surface area contributed by atoms with E-state index in [1.54, 1.807) is 18.2 Å². The molecule has 13 heavy (non-hydrogen) atoms. The lowest BCUT2D eigenvalue weighted by atomic mass is 10.0. The van der Waals surface area contributed by atoms with Crippen LogP contribution in [0.5, 0.6) is 5.75 Å². The monoisotopic (exact) mass is 176 g/mol. The first-order valence-corrected chi connectivity index (χ1v) is 4.06. The number of rotatable bonds is 1. The third-order valence-electron chi connectivity index (χ3n) is 2.03. The Morgan fingerprint density at radius 1 is 1.38 bits per heavy atom. The molecule has 66 valence electrons. The van der Waals surface area contributed by atoms with Gasteiger partial charge in [0.05, 0.1) is 12.2 Å². The minimum atomic E-state index is 0.0821. The summed E-state index contributed by atoms with van der Waals surface area (Å²) < 4.78 is 5.26. The van der Waals surface area contributed by atoms with Gasteiger partial charge >= 0.3 is 0 Å². The Balaban J connectivity index is 2.51. The summed E-state index contributed by atoms with van der Waals surface area (Å²) in [5.74, 6) is 0.611. The zero-order valence-corrected chi connectivity index (χ0v) is 6.95. The van der Waals surface area contributed by atoms with Crippen LogP contribution in [-0.2, 0) is 0 Å². The molecule has 0 aliphatic carbocycles. The molecule has 0 atom stereocenters. The van der Waals surface area contributed by atoms with Crippen LogP contribution in [0.3, 0.4) is 0 Å². The SMILES string of the molecule is O=Cc1ccc2c(c1)OCCC2=O. The van der Waals surface area contributed by atoms with E-state index in [1.165, 1.54) is 0 Å². The average Bonchev–Trinajstić information content (AvgIpc) is 2.18. The largest absolute Gasteiger partial charge is 0.492 e. The number of hydrogen-bond donors (Lipinski definition) is 0. The second-order valence-corrected chi connectivity index (χ2v) is 2.90. The third kappa shape index (κ3) is 1.33. The lowest BCUT2D eigenvalue weighted by molar-refractivity contribution is 0.0932. The number of Topliss-reactive ketones (excluding diaryl/α,β-unsaturated/α-hetero) is 1. The smallest absolute Gasteiger partial charge is 0.169 e. The van der Waals surface area contributed by atoms with Crippen molar-refractivity contribution in [3.8, 4) is 5.75 Å². The predicted octanol–water partition coefficient (Wildman–Crippen LogP) is 1.46. The highest BCUT2D eigenvalue weighted by Crippen LogP contribution is 2.25. The fourth-order valence-electron chi connectivity index (χ4n) is 1.35. The summed E-state index contributed by atoms with van der Waals surface area (Å²) in [6.45, 7) is 0.411. The molecule has 3 heteroatoms. The van der Waals surface area contributed by atoms with Gasteiger partial charge in [0.15, 0.2) is 5.78 Å². The van der Waals surface area contributed by atoms with Gasteiger partial charge < -0.3 is 4.74 Å². The van der Waals surface area contributed by atoms with E-state index in [4.69, 9.17) is 4.74 Å². The van der Waals surface area contributed by atoms with E-state index in [-0.39, 0.29) is 5.78 Å². The quantitative estimate of drug-likeness (QED) is 0.608. The molecule has 1 heterocycles. The van der Waals surface area contributed by atoms with Crippen LogP contribution in [0.25, 0.3) is 0 Å². The Morgan fingerprint density at radius 3 is 3.00 bits per heavy atom. The van der Waals surface area contributed by atoms with Gasteiger partial charge in [-0.05, 0) is 12.1 Å². The maximum absolute atomic E-state index is 11.3. The number of fused-ring (bicyclic) bond motifs is 1. The van der Waals surface area contributed by atoms with Gasteiger partial charge in [-0.2, -0.15) is 0 Å². The van der Waals surface area contributed by atoms with Gasteiger partial charge in [0.2, 0.25) is 0 Å². The zero-order chi connectivity index (χ0) is 9.26. The maximum Gasteiger partial charge on any atom is 0.169 e. The molecule has 1 aromatic rings. The number of hydrogen-bond acceptors (Lipinski definition) is 3. The molecule has 1 aliphatic rings. The third-order valence-corrected chi connectivity index (χ3v) is 2.03. The van der Waals surface area contributed by atoms with Crippen LogP contribution < -0.4 is 4.74 Å². The van der Waals surface area contributed by atoms with Crippen LogP contribution in [0.15, 0.2) is 18.2 Å².